The van der Waals surface area contributed by atoms with E-state index in [4.69, 9.17) is 9.47 Å². The Balaban J connectivity index is 1.70. The van der Waals surface area contributed by atoms with Crippen LogP contribution in [0.4, 0.5) is 0 Å². The minimum absolute atomic E-state index is 0.0897. The van der Waals surface area contributed by atoms with Crippen LogP contribution < -0.4 is 14.8 Å². The van der Waals surface area contributed by atoms with E-state index in [9.17, 15) is 4.79 Å². The van der Waals surface area contributed by atoms with Gasteiger partial charge in [-0.3, -0.25) is 9.69 Å². The topological polar surface area (TPSA) is 50.8 Å². The van der Waals surface area contributed by atoms with E-state index in [0.29, 0.717) is 36.8 Å². The van der Waals surface area contributed by atoms with Gasteiger partial charge in [0, 0.05) is 12.1 Å². The van der Waals surface area contributed by atoms with Crippen LogP contribution in [0.3, 0.4) is 0 Å². The van der Waals surface area contributed by atoms with Crippen molar-refractivity contribution in [3.05, 3.63) is 59.7 Å². The van der Waals surface area contributed by atoms with E-state index in [0.717, 1.165) is 19.5 Å². The number of nitrogens with one attached hydrogen (secondary N) is 1. The van der Waals surface area contributed by atoms with Crippen LogP contribution in [0.25, 0.3) is 0 Å². The van der Waals surface area contributed by atoms with Gasteiger partial charge in [-0.1, -0.05) is 37.3 Å². The molecule has 1 aliphatic rings. The Kier molecular flexibility index (Phi) is 7.94. The van der Waals surface area contributed by atoms with Gasteiger partial charge in [-0.15, -0.1) is 0 Å². The second-order valence-electron chi connectivity index (χ2n) is 7.32. The van der Waals surface area contributed by atoms with Crippen LogP contribution in [-0.2, 0) is 0 Å². The first kappa shape index (κ1) is 21.2. The van der Waals surface area contributed by atoms with Gasteiger partial charge < -0.3 is 14.8 Å². The number of ether oxygens (including phenoxy) is 2. The van der Waals surface area contributed by atoms with Gasteiger partial charge in [0.1, 0.15) is 0 Å². The van der Waals surface area contributed by atoms with Crippen LogP contribution >= 0.6 is 0 Å². The Morgan fingerprint density at radius 1 is 1.03 bits per heavy atom. The average molecular weight is 397 g/mol. The van der Waals surface area contributed by atoms with Crippen molar-refractivity contribution in [2.45, 2.75) is 39.2 Å². The molecule has 1 N–H and O–H groups in total. The van der Waals surface area contributed by atoms with Crippen molar-refractivity contribution in [3.63, 3.8) is 0 Å². The first-order valence-corrected chi connectivity index (χ1v) is 10.7. The second kappa shape index (κ2) is 10.9. The van der Waals surface area contributed by atoms with E-state index < -0.39 is 0 Å². The maximum absolute atomic E-state index is 12.9. The fourth-order valence-electron chi connectivity index (χ4n) is 3.73. The molecule has 2 aromatic rings. The molecule has 0 radical (unpaired) electrons. The SMILES string of the molecule is CCCOc1ccc(C(=O)NCC(c2ccccc2)N2CCCC2)cc1OCC. The summed E-state index contributed by atoms with van der Waals surface area (Å²) >= 11 is 0. The molecule has 1 atom stereocenters. The molecule has 0 bridgehead atoms. The summed E-state index contributed by atoms with van der Waals surface area (Å²) in [7, 11) is 0. The Labute approximate surface area is 174 Å². The van der Waals surface area contributed by atoms with Crippen LogP contribution in [0.2, 0.25) is 0 Å². The standard InChI is InChI=1S/C24H32N2O3/c1-3-16-29-22-13-12-20(17-23(22)28-4-2)24(27)25-18-21(26-14-8-9-15-26)19-10-6-5-7-11-19/h5-7,10-13,17,21H,3-4,8-9,14-16,18H2,1-2H3,(H,25,27). The third-order valence-corrected chi connectivity index (χ3v) is 5.19. The van der Waals surface area contributed by atoms with E-state index in [2.05, 4.69) is 41.4 Å². The summed E-state index contributed by atoms with van der Waals surface area (Å²) in [5.74, 6) is 1.21. The number of carbonyl (C=O) groups excluding carboxylic acids is 1. The number of benzene rings is 2. The summed E-state index contributed by atoms with van der Waals surface area (Å²) in [6.07, 6.45) is 3.35. The number of nitrogens with zero attached hydrogens (tertiary/aromatic N) is 1. The lowest BCUT2D eigenvalue weighted by molar-refractivity contribution is 0.0937. The predicted molar refractivity (Wildman–Crippen MR) is 116 cm³/mol. The maximum atomic E-state index is 12.9. The van der Waals surface area contributed by atoms with Gasteiger partial charge in [-0.2, -0.15) is 0 Å². The first-order chi connectivity index (χ1) is 14.2. The third kappa shape index (κ3) is 5.73. The Morgan fingerprint density at radius 3 is 2.48 bits per heavy atom. The summed E-state index contributed by atoms with van der Waals surface area (Å²) < 4.78 is 11.4. The van der Waals surface area contributed by atoms with Gasteiger partial charge in [0.25, 0.3) is 5.91 Å². The highest BCUT2D eigenvalue weighted by Gasteiger charge is 2.24. The highest BCUT2D eigenvalue weighted by molar-refractivity contribution is 5.94. The van der Waals surface area contributed by atoms with Crippen LogP contribution in [-0.4, -0.2) is 43.7 Å². The molecular weight excluding hydrogens is 364 g/mol. The number of amides is 1. The van der Waals surface area contributed by atoms with Crippen molar-refractivity contribution in [1.82, 2.24) is 10.2 Å². The maximum Gasteiger partial charge on any atom is 0.251 e. The normalized spacial score (nSPS) is 15.1. The number of rotatable bonds is 10. The summed E-state index contributed by atoms with van der Waals surface area (Å²) in [4.78, 5) is 15.3. The van der Waals surface area contributed by atoms with Crippen molar-refractivity contribution >= 4 is 5.91 Å². The van der Waals surface area contributed by atoms with Crippen molar-refractivity contribution < 1.29 is 14.3 Å². The molecule has 2 aromatic carbocycles. The lowest BCUT2D eigenvalue weighted by Crippen LogP contribution is -2.36. The van der Waals surface area contributed by atoms with Crippen LogP contribution in [0.15, 0.2) is 48.5 Å². The van der Waals surface area contributed by atoms with Crippen LogP contribution in [0.5, 0.6) is 11.5 Å². The lowest BCUT2D eigenvalue weighted by Gasteiger charge is -2.28. The summed E-state index contributed by atoms with van der Waals surface area (Å²) in [5.41, 5.74) is 1.83. The summed E-state index contributed by atoms with van der Waals surface area (Å²) in [6.45, 7) is 7.88. The minimum atomic E-state index is -0.0897. The smallest absolute Gasteiger partial charge is 0.251 e. The Bertz CT molecular complexity index is 773. The minimum Gasteiger partial charge on any atom is -0.490 e. The van der Waals surface area contributed by atoms with Gasteiger partial charge in [0.2, 0.25) is 0 Å². The monoisotopic (exact) mass is 396 g/mol. The summed E-state index contributed by atoms with van der Waals surface area (Å²) in [5, 5.41) is 3.13. The molecule has 1 amide bonds. The van der Waals surface area contributed by atoms with E-state index in [1.807, 2.05) is 19.1 Å². The molecule has 1 saturated heterocycles. The first-order valence-electron chi connectivity index (χ1n) is 10.7. The third-order valence-electron chi connectivity index (χ3n) is 5.19. The van der Waals surface area contributed by atoms with Gasteiger partial charge in [0.15, 0.2) is 11.5 Å². The molecule has 5 nitrogen and oxygen atoms in total. The van der Waals surface area contributed by atoms with E-state index in [1.54, 1.807) is 12.1 Å². The molecule has 3 rings (SSSR count). The van der Waals surface area contributed by atoms with Gasteiger partial charge in [-0.05, 0) is 63.0 Å². The number of hydrogen-bond acceptors (Lipinski definition) is 4. The van der Waals surface area contributed by atoms with Gasteiger partial charge >= 0.3 is 0 Å². The molecule has 0 aromatic heterocycles. The lowest BCUT2D eigenvalue weighted by atomic mass is 10.1. The fourth-order valence-corrected chi connectivity index (χ4v) is 3.73. The Morgan fingerprint density at radius 2 is 1.79 bits per heavy atom. The van der Waals surface area contributed by atoms with E-state index >= 15 is 0 Å². The summed E-state index contributed by atoms with van der Waals surface area (Å²) in [6, 6.07) is 16.0. The highest BCUT2D eigenvalue weighted by atomic mass is 16.5. The molecule has 0 saturated carbocycles. The molecule has 5 heteroatoms. The zero-order valence-electron chi connectivity index (χ0n) is 17.5. The van der Waals surface area contributed by atoms with Crippen LogP contribution in [0, 0.1) is 0 Å². The molecule has 1 unspecified atom stereocenters. The number of carbonyl (C=O) groups is 1. The van der Waals surface area contributed by atoms with Gasteiger partial charge in [-0.25, -0.2) is 0 Å². The van der Waals surface area contributed by atoms with Crippen molar-refractivity contribution in [2.75, 3.05) is 32.8 Å². The molecule has 0 aliphatic carbocycles. The predicted octanol–water partition coefficient (Wildman–Crippen LogP) is 4.44. The quantitative estimate of drug-likeness (QED) is 0.645. The molecule has 29 heavy (non-hydrogen) atoms. The molecule has 1 heterocycles. The fraction of sp³-hybridized carbons (Fsp3) is 0.458. The largest absolute Gasteiger partial charge is 0.490 e. The highest BCUT2D eigenvalue weighted by Crippen LogP contribution is 2.29. The van der Waals surface area contributed by atoms with Gasteiger partial charge in [0.05, 0.1) is 19.3 Å². The zero-order valence-corrected chi connectivity index (χ0v) is 17.5. The van der Waals surface area contributed by atoms with Crippen molar-refractivity contribution in [2.24, 2.45) is 0 Å². The van der Waals surface area contributed by atoms with E-state index in [-0.39, 0.29) is 11.9 Å². The van der Waals surface area contributed by atoms with Crippen molar-refractivity contribution in [1.29, 1.82) is 0 Å². The second-order valence-corrected chi connectivity index (χ2v) is 7.32. The molecular formula is C24H32N2O3. The number of hydrogen-bond donors (Lipinski definition) is 1. The molecule has 0 spiro atoms. The molecule has 156 valence electrons. The average Bonchev–Trinajstić information content (AvgIpc) is 3.28. The molecule has 1 fully saturated rings. The molecule has 1 aliphatic heterocycles. The Hall–Kier alpha value is -2.53. The van der Waals surface area contributed by atoms with Crippen LogP contribution in [0.1, 0.15) is 55.1 Å². The number of likely N-dealkylation sites (tertiary alicyclic amines) is 1. The van der Waals surface area contributed by atoms with E-state index in [1.165, 1.54) is 18.4 Å². The van der Waals surface area contributed by atoms with Crippen molar-refractivity contribution in [3.8, 4) is 11.5 Å². The zero-order chi connectivity index (χ0) is 20.5.